The van der Waals surface area contributed by atoms with Gasteiger partial charge in [0.1, 0.15) is 5.76 Å². The van der Waals surface area contributed by atoms with E-state index in [0.717, 1.165) is 21.2 Å². The fraction of sp³-hybridized carbons (Fsp3) is 0.0476. The SMILES string of the molecule is O=C(/C=C/c1ccco1)OCC(=O)N1c2ccccc2Sc2ccccc21. The highest BCUT2D eigenvalue weighted by Crippen LogP contribution is 2.47. The zero-order chi connectivity index (χ0) is 18.6. The van der Waals surface area contributed by atoms with Crippen LogP contribution in [0.2, 0.25) is 0 Å². The molecule has 27 heavy (non-hydrogen) atoms. The van der Waals surface area contributed by atoms with Crippen LogP contribution in [-0.4, -0.2) is 18.5 Å². The van der Waals surface area contributed by atoms with Gasteiger partial charge in [0, 0.05) is 15.9 Å². The normalized spacial score (nSPS) is 12.5. The first kappa shape index (κ1) is 17.2. The lowest BCUT2D eigenvalue weighted by Gasteiger charge is -2.30. The van der Waals surface area contributed by atoms with Gasteiger partial charge in [-0.25, -0.2) is 4.79 Å². The Labute approximate surface area is 160 Å². The molecule has 6 heteroatoms. The first-order chi connectivity index (χ1) is 13.2. The number of hydrogen-bond donors (Lipinski definition) is 0. The molecule has 0 saturated heterocycles. The highest BCUT2D eigenvalue weighted by Gasteiger charge is 2.28. The molecule has 1 aromatic heterocycles. The lowest BCUT2D eigenvalue weighted by molar-refractivity contribution is -0.142. The summed E-state index contributed by atoms with van der Waals surface area (Å²) in [7, 11) is 0. The Bertz CT molecular complexity index is 965. The Morgan fingerprint density at radius 1 is 0.963 bits per heavy atom. The van der Waals surface area contributed by atoms with Crippen molar-refractivity contribution < 1.29 is 18.7 Å². The van der Waals surface area contributed by atoms with Gasteiger partial charge >= 0.3 is 5.97 Å². The molecule has 1 aliphatic rings. The molecule has 1 aliphatic heterocycles. The molecule has 0 spiro atoms. The van der Waals surface area contributed by atoms with Crippen molar-refractivity contribution in [1.29, 1.82) is 0 Å². The van der Waals surface area contributed by atoms with Crippen LogP contribution in [0.25, 0.3) is 6.08 Å². The van der Waals surface area contributed by atoms with Gasteiger partial charge in [-0.1, -0.05) is 36.0 Å². The van der Waals surface area contributed by atoms with Crippen molar-refractivity contribution in [2.45, 2.75) is 9.79 Å². The molecule has 0 radical (unpaired) electrons. The van der Waals surface area contributed by atoms with Gasteiger partial charge in [-0.2, -0.15) is 0 Å². The van der Waals surface area contributed by atoms with Crippen LogP contribution < -0.4 is 4.90 Å². The van der Waals surface area contributed by atoms with Gasteiger partial charge in [0.15, 0.2) is 6.61 Å². The predicted molar refractivity (Wildman–Crippen MR) is 103 cm³/mol. The monoisotopic (exact) mass is 377 g/mol. The average Bonchev–Trinajstić information content (AvgIpc) is 3.22. The van der Waals surface area contributed by atoms with Crippen molar-refractivity contribution in [3.8, 4) is 0 Å². The van der Waals surface area contributed by atoms with E-state index in [4.69, 9.17) is 9.15 Å². The molecule has 0 N–H and O–H groups in total. The van der Waals surface area contributed by atoms with Crippen molar-refractivity contribution in [2.75, 3.05) is 11.5 Å². The Balaban J connectivity index is 1.51. The molecule has 0 aliphatic carbocycles. The average molecular weight is 377 g/mol. The number of hydrogen-bond acceptors (Lipinski definition) is 5. The van der Waals surface area contributed by atoms with Crippen LogP contribution in [0, 0.1) is 0 Å². The minimum atomic E-state index is -0.604. The summed E-state index contributed by atoms with van der Waals surface area (Å²) in [5.74, 6) is -0.378. The summed E-state index contributed by atoms with van der Waals surface area (Å²) >= 11 is 1.61. The second kappa shape index (κ2) is 7.55. The van der Waals surface area contributed by atoms with E-state index in [1.54, 1.807) is 28.8 Å². The number of carbonyl (C=O) groups is 2. The van der Waals surface area contributed by atoms with Gasteiger partial charge in [0.05, 0.1) is 17.6 Å². The number of para-hydroxylation sites is 2. The number of rotatable bonds is 4. The van der Waals surface area contributed by atoms with Gasteiger partial charge in [0.2, 0.25) is 0 Å². The highest BCUT2D eigenvalue weighted by molar-refractivity contribution is 7.99. The van der Waals surface area contributed by atoms with Gasteiger partial charge in [-0.15, -0.1) is 0 Å². The molecule has 134 valence electrons. The van der Waals surface area contributed by atoms with E-state index in [1.165, 1.54) is 18.4 Å². The van der Waals surface area contributed by atoms with Crippen LogP contribution in [0.5, 0.6) is 0 Å². The quantitative estimate of drug-likeness (QED) is 0.489. The van der Waals surface area contributed by atoms with Gasteiger partial charge in [-0.05, 0) is 42.5 Å². The largest absolute Gasteiger partial charge is 0.465 e. The maximum absolute atomic E-state index is 12.9. The van der Waals surface area contributed by atoms with E-state index in [0.29, 0.717) is 5.76 Å². The summed E-state index contributed by atoms with van der Waals surface area (Å²) in [6, 6.07) is 18.8. The third-order valence-electron chi connectivity index (χ3n) is 3.95. The fourth-order valence-electron chi connectivity index (χ4n) is 2.76. The molecule has 3 aromatic rings. The standard InChI is InChI=1S/C21H15NO4S/c23-20(14-26-21(24)12-11-15-6-5-13-25-15)22-16-7-1-3-9-18(16)27-19-10-4-2-8-17(19)22/h1-13H,14H2/b12-11+. The molecule has 0 unspecified atom stereocenters. The minimum Gasteiger partial charge on any atom is -0.465 e. The lowest BCUT2D eigenvalue weighted by atomic mass is 10.2. The summed E-state index contributed by atoms with van der Waals surface area (Å²) in [5, 5.41) is 0. The number of nitrogens with zero attached hydrogens (tertiary/aromatic N) is 1. The molecule has 1 amide bonds. The molecule has 2 aromatic carbocycles. The van der Waals surface area contributed by atoms with Gasteiger partial charge in [-0.3, -0.25) is 9.69 Å². The lowest BCUT2D eigenvalue weighted by Crippen LogP contribution is -2.32. The molecule has 5 nitrogen and oxygen atoms in total. The first-order valence-electron chi connectivity index (χ1n) is 8.29. The van der Waals surface area contributed by atoms with E-state index in [-0.39, 0.29) is 12.5 Å². The minimum absolute atomic E-state index is 0.310. The highest BCUT2D eigenvalue weighted by atomic mass is 32.2. The maximum Gasteiger partial charge on any atom is 0.331 e. The molecule has 0 saturated carbocycles. The maximum atomic E-state index is 12.9. The van der Waals surface area contributed by atoms with E-state index >= 15 is 0 Å². The molecular weight excluding hydrogens is 362 g/mol. The van der Waals surface area contributed by atoms with E-state index in [1.807, 2.05) is 48.5 Å². The van der Waals surface area contributed by atoms with Crippen molar-refractivity contribution in [3.63, 3.8) is 0 Å². The number of fused-ring (bicyclic) bond motifs is 2. The number of amides is 1. The number of furan rings is 1. The van der Waals surface area contributed by atoms with E-state index in [2.05, 4.69) is 0 Å². The topological polar surface area (TPSA) is 59.8 Å². The van der Waals surface area contributed by atoms with Gasteiger partial charge in [0.25, 0.3) is 5.91 Å². The number of ether oxygens (including phenoxy) is 1. The molecule has 0 bridgehead atoms. The zero-order valence-electron chi connectivity index (χ0n) is 14.2. The van der Waals surface area contributed by atoms with Gasteiger partial charge < -0.3 is 9.15 Å². The number of anilines is 2. The number of benzene rings is 2. The summed E-state index contributed by atoms with van der Waals surface area (Å²) in [4.78, 5) is 28.3. The number of esters is 1. The van der Waals surface area contributed by atoms with Crippen molar-refractivity contribution in [1.82, 2.24) is 0 Å². The van der Waals surface area contributed by atoms with Crippen LogP contribution in [0.1, 0.15) is 5.76 Å². The van der Waals surface area contributed by atoms with Crippen LogP contribution >= 0.6 is 11.8 Å². The predicted octanol–water partition coefficient (Wildman–Crippen LogP) is 4.67. The first-order valence-corrected chi connectivity index (χ1v) is 9.11. The van der Waals surface area contributed by atoms with Crippen LogP contribution in [0.15, 0.2) is 87.2 Å². The summed E-state index contributed by atoms with van der Waals surface area (Å²) in [5.41, 5.74) is 1.57. The number of carbonyl (C=O) groups excluding carboxylic acids is 2. The Hall–Kier alpha value is -3.25. The molecule has 0 atom stereocenters. The fourth-order valence-corrected chi connectivity index (χ4v) is 3.81. The molecule has 2 heterocycles. The Morgan fingerprint density at radius 2 is 1.63 bits per heavy atom. The van der Waals surface area contributed by atoms with Crippen molar-refractivity contribution in [3.05, 3.63) is 78.8 Å². The smallest absolute Gasteiger partial charge is 0.331 e. The summed E-state index contributed by atoms with van der Waals surface area (Å²) < 4.78 is 10.2. The van der Waals surface area contributed by atoms with E-state index < -0.39 is 5.97 Å². The van der Waals surface area contributed by atoms with E-state index in [9.17, 15) is 9.59 Å². The van der Waals surface area contributed by atoms with Crippen LogP contribution in [0.3, 0.4) is 0 Å². The van der Waals surface area contributed by atoms with Crippen LogP contribution in [-0.2, 0) is 14.3 Å². The Kier molecular flexibility index (Phi) is 4.80. The second-order valence-corrected chi connectivity index (χ2v) is 6.81. The van der Waals surface area contributed by atoms with Crippen molar-refractivity contribution in [2.24, 2.45) is 0 Å². The zero-order valence-corrected chi connectivity index (χ0v) is 15.0. The van der Waals surface area contributed by atoms with Crippen LogP contribution in [0.4, 0.5) is 11.4 Å². The Morgan fingerprint density at radius 3 is 2.26 bits per heavy atom. The molecule has 0 fully saturated rings. The molecule has 4 rings (SSSR count). The summed E-state index contributed by atoms with van der Waals surface area (Å²) in [6.07, 6.45) is 4.24. The van der Waals surface area contributed by atoms with Crippen molar-refractivity contribution >= 4 is 41.1 Å². The third-order valence-corrected chi connectivity index (χ3v) is 5.08. The molecular formula is C21H15NO4S. The second-order valence-electron chi connectivity index (χ2n) is 5.72. The summed E-state index contributed by atoms with van der Waals surface area (Å²) in [6.45, 7) is -0.353. The third kappa shape index (κ3) is 3.66.